The molecule has 0 aliphatic carbocycles. The summed E-state index contributed by atoms with van der Waals surface area (Å²) in [7, 11) is 0. The van der Waals surface area contributed by atoms with Crippen molar-refractivity contribution in [2.24, 2.45) is 0 Å². The number of rotatable bonds is 5. The van der Waals surface area contributed by atoms with E-state index in [4.69, 9.17) is 9.97 Å². The first-order valence-corrected chi connectivity index (χ1v) is 18.9. The van der Waals surface area contributed by atoms with Crippen molar-refractivity contribution in [2.45, 2.75) is 0 Å². The van der Waals surface area contributed by atoms with Crippen molar-refractivity contribution in [3.8, 4) is 44.8 Å². The highest BCUT2D eigenvalue weighted by Gasteiger charge is 2.20. The molecule has 0 bridgehead atoms. The lowest BCUT2D eigenvalue weighted by Gasteiger charge is -2.10. The number of hydrogen-bond acceptors (Lipinski definition) is 2. The van der Waals surface area contributed by atoms with Gasteiger partial charge in [0.2, 0.25) is 11.6 Å². The quantitative estimate of drug-likeness (QED) is 0.178. The molecule has 0 amide bonds. The lowest BCUT2D eigenvalue weighted by molar-refractivity contribution is 1.11. The molecule has 12 rings (SSSR count). The highest BCUT2D eigenvalue weighted by atomic mass is 15.2. The Balaban J connectivity index is 1.02. The van der Waals surface area contributed by atoms with Gasteiger partial charge in [-0.1, -0.05) is 121 Å². The summed E-state index contributed by atoms with van der Waals surface area (Å²) in [6, 6.07) is 69.0. The molecular weight excluding hydrogens is 685 g/mol. The predicted octanol–water partition coefficient (Wildman–Crippen LogP) is 12.2. The number of imidazole rings is 4. The van der Waals surface area contributed by atoms with Crippen LogP contribution in [0.2, 0.25) is 0 Å². The van der Waals surface area contributed by atoms with E-state index in [1.54, 1.807) is 0 Å². The molecule has 0 spiro atoms. The first-order chi connectivity index (χ1) is 27.8. The zero-order valence-corrected chi connectivity index (χ0v) is 30.2. The first-order valence-electron chi connectivity index (χ1n) is 18.9. The Kier molecular flexibility index (Phi) is 6.53. The SMILES string of the molecule is c1ccc(-c2ccc(-c3cccc(-n4c5ccc(-c6ccc7nc8n(-c9ccccc9)c9ccccc9n8c7c6)cc5n5c6ccccc6nc45)c3)cc2)cc1. The van der Waals surface area contributed by atoms with Crippen molar-refractivity contribution >= 4 is 55.7 Å². The Labute approximate surface area is 321 Å². The highest BCUT2D eigenvalue weighted by Crippen LogP contribution is 2.36. The Morgan fingerprint density at radius 2 is 0.732 bits per heavy atom. The third-order valence-electron chi connectivity index (χ3n) is 11.2. The van der Waals surface area contributed by atoms with Crippen LogP contribution in [-0.2, 0) is 0 Å². The summed E-state index contributed by atoms with van der Waals surface area (Å²) in [5.41, 5.74) is 17.7. The summed E-state index contributed by atoms with van der Waals surface area (Å²) in [5.74, 6) is 1.79. The lowest BCUT2D eigenvalue weighted by Crippen LogP contribution is -1.95. The number of hydrogen-bond donors (Lipinski definition) is 0. The van der Waals surface area contributed by atoms with E-state index in [1.165, 1.54) is 16.7 Å². The molecule has 8 aromatic carbocycles. The van der Waals surface area contributed by atoms with Gasteiger partial charge in [-0.15, -0.1) is 0 Å². The average Bonchev–Trinajstić information content (AvgIpc) is 4.00. The normalized spacial score (nSPS) is 11.9. The summed E-state index contributed by atoms with van der Waals surface area (Å²) in [4.78, 5) is 10.4. The van der Waals surface area contributed by atoms with Gasteiger partial charge in [0.1, 0.15) is 0 Å². The van der Waals surface area contributed by atoms with Gasteiger partial charge in [0.25, 0.3) is 0 Å². The van der Waals surface area contributed by atoms with Crippen LogP contribution < -0.4 is 0 Å². The second-order valence-corrected chi connectivity index (χ2v) is 14.4. The van der Waals surface area contributed by atoms with Crippen molar-refractivity contribution in [1.29, 1.82) is 0 Å². The van der Waals surface area contributed by atoms with Gasteiger partial charge >= 0.3 is 0 Å². The second-order valence-electron chi connectivity index (χ2n) is 14.4. The molecule has 0 aliphatic heterocycles. The van der Waals surface area contributed by atoms with E-state index in [-0.39, 0.29) is 0 Å². The number of benzene rings is 8. The van der Waals surface area contributed by atoms with Crippen LogP contribution in [-0.4, -0.2) is 27.9 Å². The van der Waals surface area contributed by atoms with Gasteiger partial charge in [0.15, 0.2) is 0 Å². The molecule has 4 heterocycles. The van der Waals surface area contributed by atoms with Crippen LogP contribution in [0, 0.1) is 0 Å². The molecule has 0 unspecified atom stereocenters. The highest BCUT2D eigenvalue weighted by molar-refractivity contribution is 5.97. The van der Waals surface area contributed by atoms with Crippen LogP contribution in [0.5, 0.6) is 0 Å². The molecule has 56 heavy (non-hydrogen) atoms. The largest absolute Gasteiger partial charge is 0.278 e. The van der Waals surface area contributed by atoms with Gasteiger partial charge < -0.3 is 0 Å². The van der Waals surface area contributed by atoms with E-state index in [0.717, 1.165) is 83.8 Å². The Morgan fingerprint density at radius 1 is 0.268 bits per heavy atom. The van der Waals surface area contributed by atoms with Crippen LogP contribution in [0.4, 0.5) is 0 Å². The number of nitrogens with zero attached hydrogens (tertiary/aromatic N) is 6. The van der Waals surface area contributed by atoms with Crippen LogP contribution in [0.15, 0.2) is 194 Å². The summed E-state index contributed by atoms with van der Waals surface area (Å²) in [5, 5.41) is 0. The predicted molar refractivity (Wildman–Crippen MR) is 229 cm³/mol. The Hall–Kier alpha value is -7.70. The van der Waals surface area contributed by atoms with Crippen molar-refractivity contribution in [3.05, 3.63) is 194 Å². The summed E-state index contributed by atoms with van der Waals surface area (Å²) >= 11 is 0. The average molecular weight is 717 g/mol. The first kappa shape index (κ1) is 30.7. The molecule has 0 saturated heterocycles. The van der Waals surface area contributed by atoms with Gasteiger partial charge in [0.05, 0.1) is 44.1 Å². The number of aromatic nitrogens is 6. The van der Waals surface area contributed by atoms with Crippen LogP contribution in [0.3, 0.4) is 0 Å². The molecule has 4 aromatic heterocycles. The zero-order valence-electron chi connectivity index (χ0n) is 30.2. The third kappa shape index (κ3) is 4.56. The maximum absolute atomic E-state index is 5.22. The number of para-hydroxylation sites is 5. The van der Waals surface area contributed by atoms with E-state index in [9.17, 15) is 0 Å². The fraction of sp³-hybridized carbons (Fsp3) is 0. The van der Waals surface area contributed by atoms with Gasteiger partial charge in [-0.3, -0.25) is 17.9 Å². The van der Waals surface area contributed by atoms with Crippen LogP contribution >= 0.6 is 0 Å². The van der Waals surface area contributed by atoms with Gasteiger partial charge in [-0.2, -0.15) is 0 Å². The van der Waals surface area contributed by atoms with E-state index in [2.05, 4.69) is 212 Å². The van der Waals surface area contributed by atoms with E-state index < -0.39 is 0 Å². The van der Waals surface area contributed by atoms with Gasteiger partial charge in [-0.25, -0.2) is 9.97 Å². The smallest absolute Gasteiger partial charge is 0.220 e. The Bertz CT molecular complexity index is 3460. The molecule has 0 radical (unpaired) electrons. The minimum absolute atomic E-state index is 0.886. The minimum atomic E-state index is 0.886. The lowest BCUT2D eigenvalue weighted by atomic mass is 10.00. The maximum atomic E-state index is 5.22. The Morgan fingerprint density at radius 3 is 1.50 bits per heavy atom. The minimum Gasteiger partial charge on any atom is -0.278 e. The molecule has 0 atom stereocenters. The summed E-state index contributed by atoms with van der Waals surface area (Å²) in [6.07, 6.45) is 0. The third-order valence-corrected chi connectivity index (χ3v) is 11.2. The van der Waals surface area contributed by atoms with E-state index >= 15 is 0 Å². The maximum Gasteiger partial charge on any atom is 0.220 e. The van der Waals surface area contributed by atoms with Crippen molar-refractivity contribution < 1.29 is 0 Å². The van der Waals surface area contributed by atoms with E-state index in [1.807, 2.05) is 0 Å². The monoisotopic (exact) mass is 716 g/mol. The van der Waals surface area contributed by atoms with E-state index in [0.29, 0.717) is 0 Å². The molecule has 262 valence electrons. The van der Waals surface area contributed by atoms with Crippen molar-refractivity contribution in [2.75, 3.05) is 0 Å². The van der Waals surface area contributed by atoms with Crippen LogP contribution in [0.1, 0.15) is 0 Å². The summed E-state index contributed by atoms with van der Waals surface area (Å²) in [6.45, 7) is 0. The molecule has 6 nitrogen and oxygen atoms in total. The standard InChI is InChI=1S/C50H32N6/c1-3-12-33(13-4-1)34-22-24-35(25-23-34)36-14-11-17-40(30-36)54-46-29-27-38(32-48(46)55-43-19-8-7-18-41(43)51-50(54)55)37-26-28-42-47(31-37)56-45-21-10-9-20-44(45)53(49(56)52-42)39-15-5-2-6-16-39/h1-32H. The molecule has 0 fully saturated rings. The summed E-state index contributed by atoms with van der Waals surface area (Å²) < 4.78 is 9.14. The van der Waals surface area contributed by atoms with Crippen molar-refractivity contribution in [1.82, 2.24) is 27.9 Å². The molecule has 0 aliphatic rings. The van der Waals surface area contributed by atoms with Gasteiger partial charge in [-0.05, 0) is 106 Å². The second kappa shape index (κ2) is 11.9. The van der Waals surface area contributed by atoms with Gasteiger partial charge in [0, 0.05) is 11.4 Å². The molecular formula is C50H32N6. The fourth-order valence-electron chi connectivity index (χ4n) is 8.56. The van der Waals surface area contributed by atoms with Crippen molar-refractivity contribution in [3.63, 3.8) is 0 Å². The zero-order chi connectivity index (χ0) is 36.7. The van der Waals surface area contributed by atoms with Crippen LogP contribution in [0.25, 0.3) is 100 Å². The molecule has 12 aromatic rings. The molecule has 6 heteroatoms. The molecule has 0 N–H and O–H groups in total. The number of fused-ring (bicyclic) bond motifs is 10. The molecule has 0 saturated carbocycles. The topological polar surface area (TPSA) is 44.5 Å². The fourth-order valence-corrected chi connectivity index (χ4v) is 8.56.